The minimum atomic E-state index is 0.376. The summed E-state index contributed by atoms with van der Waals surface area (Å²) < 4.78 is 13.4. The lowest BCUT2D eigenvalue weighted by Crippen LogP contribution is -2.38. The van der Waals surface area contributed by atoms with Gasteiger partial charge in [-0.3, -0.25) is 4.57 Å². The van der Waals surface area contributed by atoms with Gasteiger partial charge in [-0.25, -0.2) is 0 Å². The quantitative estimate of drug-likeness (QED) is 0.746. The van der Waals surface area contributed by atoms with Gasteiger partial charge in [0.1, 0.15) is 0 Å². The third kappa shape index (κ3) is 3.94. The van der Waals surface area contributed by atoms with Crippen LogP contribution in [-0.4, -0.2) is 59.5 Å². The molecular formula is C15H26N4O2S. The van der Waals surface area contributed by atoms with E-state index in [2.05, 4.69) is 33.5 Å². The first-order valence-electron chi connectivity index (χ1n) is 8.24. The Morgan fingerprint density at radius 1 is 1.23 bits per heavy atom. The molecule has 0 N–H and O–H groups in total. The number of hydrogen-bond acceptors (Lipinski definition) is 6. The number of anilines is 1. The average Bonchev–Trinajstić information content (AvgIpc) is 3.15. The normalized spacial score (nSPS) is 22.7. The van der Waals surface area contributed by atoms with E-state index < -0.39 is 0 Å². The summed E-state index contributed by atoms with van der Waals surface area (Å²) >= 11 is 1.78. The highest BCUT2D eigenvalue weighted by Gasteiger charge is 2.23. The second-order valence-electron chi connectivity index (χ2n) is 6.33. The van der Waals surface area contributed by atoms with Crippen LogP contribution in [0.25, 0.3) is 0 Å². The monoisotopic (exact) mass is 326 g/mol. The van der Waals surface area contributed by atoms with Crippen molar-refractivity contribution in [2.24, 2.45) is 5.92 Å². The summed E-state index contributed by atoms with van der Waals surface area (Å²) in [6.45, 7) is 9.66. The predicted molar refractivity (Wildman–Crippen MR) is 87.6 cm³/mol. The summed E-state index contributed by atoms with van der Waals surface area (Å²) in [6.07, 6.45) is 2.73. The highest BCUT2D eigenvalue weighted by Crippen LogP contribution is 2.27. The van der Waals surface area contributed by atoms with Gasteiger partial charge in [-0.1, -0.05) is 25.6 Å². The van der Waals surface area contributed by atoms with Crippen LogP contribution in [0.5, 0.6) is 0 Å². The molecule has 6 nitrogen and oxygen atoms in total. The summed E-state index contributed by atoms with van der Waals surface area (Å²) in [4.78, 5) is 2.29. The highest BCUT2D eigenvalue weighted by atomic mass is 32.2. The van der Waals surface area contributed by atoms with E-state index in [1.807, 2.05) is 0 Å². The van der Waals surface area contributed by atoms with Crippen LogP contribution in [-0.2, 0) is 16.0 Å². The van der Waals surface area contributed by atoms with Crippen LogP contribution in [0.3, 0.4) is 0 Å². The van der Waals surface area contributed by atoms with Crippen molar-refractivity contribution >= 4 is 17.7 Å². The highest BCUT2D eigenvalue weighted by molar-refractivity contribution is 7.99. The Kier molecular flexibility index (Phi) is 5.60. The van der Waals surface area contributed by atoms with Gasteiger partial charge < -0.3 is 14.4 Å². The molecule has 0 spiro atoms. The number of nitrogens with zero attached hydrogens (tertiary/aromatic N) is 4. The lowest BCUT2D eigenvalue weighted by atomic mass is 10.2. The zero-order valence-electron chi connectivity index (χ0n) is 13.5. The van der Waals surface area contributed by atoms with Crippen LogP contribution in [0.4, 0.5) is 5.95 Å². The zero-order valence-corrected chi connectivity index (χ0v) is 14.3. The topological polar surface area (TPSA) is 52.4 Å². The van der Waals surface area contributed by atoms with Crippen molar-refractivity contribution in [2.45, 2.75) is 44.5 Å². The first-order chi connectivity index (χ1) is 10.7. The van der Waals surface area contributed by atoms with Crippen LogP contribution < -0.4 is 4.90 Å². The van der Waals surface area contributed by atoms with Gasteiger partial charge in [0, 0.05) is 32.0 Å². The molecule has 2 saturated heterocycles. The Morgan fingerprint density at radius 3 is 2.73 bits per heavy atom. The molecule has 124 valence electrons. The largest absolute Gasteiger partial charge is 0.378 e. The smallest absolute Gasteiger partial charge is 0.228 e. The van der Waals surface area contributed by atoms with E-state index in [1.54, 1.807) is 11.8 Å². The molecule has 1 aromatic heterocycles. The standard InChI is InChI=1S/C15H26N4O2S/c1-12(2)10-19-14(18-5-8-20-9-6-18)16-17-15(19)22-11-13-4-3-7-21-13/h12-13H,3-11H2,1-2H3. The summed E-state index contributed by atoms with van der Waals surface area (Å²) in [6, 6.07) is 0. The minimum absolute atomic E-state index is 0.376. The van der Waals surface area contributed by atoms with E-state index in [1.165, 1.54) is 12.8 Å². The molecule has 0 saturated carbocycles. The molecule has 1 atom stereocenters. The average molecular weight is 326 g/mol. The molecule has 3 rings (SSSR count). The molecule has 0 aromatic carbocycles. The first-order valence-corrected chi connectivity index (χ1v) is 9.23. The molecule has 22 heavy (non-hydrogen) atoms. The Bertz CT molecular complexity index is 468. The van der Waals surface area contributed by atoms with Gasteiger partial charge in [-0.05, 0) is 18.8 Å². The van der Waals surface area contributed by atoms with Gasteiger partial charge >= 0.3 is 0 Å². The fourth-order valence-electron chi connectivity index (χ4n) is 2.85. The SMILES string of the molecule is CC(C)Cn1c(SCC2CCCO2)nnc1N1CCOCC1. The number of rotatable bonds is 6. The molecule has 3 heterocycles. The molecule has 7 heteroatoms. The fraction of sp³-hybridized carbons (Fsp3) is 0.867. The Labute approximate surface area is 136 Å². The molecule has 0 amide bonds. The van der Waals surface area contributed by atoms with Gasteiger partial charge in [0.2, 0.25) is 5.95 Å². The van der Waals surface area contributed by atoms with Crippen molar-refractivity contribution in [3.8, 4) is 0 Å². The molecule has 0 bridgehead atoms. The lowest BCUT2D eigenvalue weighted by molar-refractivity contribution is 0.121. The second kappa shape index (κ2) is 7.66. The summed E-state index contributed by atoms with van der Waals surface area (Å²) in [5, 5.41) is 9.92. The number of morpholine rings is 1. The molecule has 2 aliphatic heterocycles. The van der Waals surface area contributed by atoms with Crippen LogP contribution in [0.1, 0.15) is 26.7 Å². The first kappa shape index (κ1) is 16.1. The summed E-state index contributed by atoms with van der Waals surface area (Å²) in [5.74, 6) is 2.53. The molecule has 2 aliphatic rings. The fourth-order valence-corrected chi connectivity index (χ4v) is 3.86. The van der Waals surface area contributed by atoms with E-state index >= 15 is 0 Å². The molecule has 0 radical (unpaired) electrons. The van der Waals surface area contributed by atoms with Crippen molar-refractivity contribution < 1.29 is 9.47 Å². The Hall–Kier alpha value is -0.790. The molecule has 0 aliphatic carbocycles. The Morgan fingerprint density at radius 2 is 2.05 bits per heavy atom. The van der Waals surface area contributed by atoms with Crippen molar-refractivity contribution in [3.05, 3.63) is 0 Å². The van der Waals surface area contributed by atoms with Crippen LogP contribution in [0.15, 0.2) is 5.16 Å². The van der Waals surface area contributed by atoms with E-state index in [9.17, 15) is 0 Å². The number of thioether (sulfide) groups is 1. The Balaban J connectivity index is 1.71. The van der Waals surface area contributed by atoms with Crippen molar-refractivity contribution in [1.82, 2.24) is 14.8 Å². The molecular weight excluding hydrogens is 300 g/mol. The van der Waals surface area contributed by atoms with Crippen LogP contribution in [0.2, 0.25) is 0 Å². The number of hydrogen-bond donors (Lipinski definition) is 0. The summed E-state index contributed by atoms with van der Waals surface area (Å²) in [5.41, 5.74) is 0. The predicted octanol–water partition coefficient (Wildman–Crippen LogP) is 2.04. The van der Waals surface area contributed by atoms with Crippen molar-refractivity contribution in [3.63, 3.8) is 0 Å². The van der Waals surface area contributed by atoms with Crippen molar-refractivity contribution in [2.75, 3.05) is 43.6 Å². The maximum Gasteiger partial charge on any atom is 0.228 e. The second-order valence-corrected chi connectivity index (χ2v) is 7.32. The third-order valence-electron chi connectivity index (χ3n) is 3.96. The van der Waals surface area contributed by atoms with Gasteiger partial charge in [0.15, 0.2) is 5.16 Å². The van der Waals surface area contributed by atoms with E-state index in [0.717, 1.165) is 56.3 Å². The van der Waals surface area contributed by atoms with E-state index in [-0.39, 0.29) is 0 Å². The molecule has 2 fully saturated rings. The van der Waals surface area contributed by atoms with Gasteiger partial charge in [-0.2, -0.15) is 0 Å². The molecule has 1 aromatic rings. The third-order valence-corrected chi connectivity index (χ3v) is 5.06. The van der Waals surface area contributed by atoms with Crippen molar-refractivity contribution in [1.29, 1.82) is 0 Å². The number of ether oxygens (including phenoxy) is 2. The van der Waals surface area contributed by atoms with Crippen LogP contribution in [0, 0.1) is 5.92 Å². The minimum Gasteiger partial charge on any atom is -0.378 e. The van der Waals surface area contributed by atoms with Gasteiger partial charge in [0.25, 0.3) is 0 Å². The summed E-state index contributed by atoms with van der Waals surface area (Å²) in [7, 11) is 0. The molecule has 1 unspecified atom stereocenters. The van der Waals surface area contributed by atoms with E-state index in [0.29, 0.717) is 12.0 Å². The van der Waals surface area contributed by atoms with E-state index in [4.69, 9.17) is 9.47 Å². The maximum absolute atomic E-state index is 5.71. The zero-order chi connectivity index (χ0) is 15.4. The van der Waals surface area contributed by atoms with Gasteiger partial charge in [-0.15, -0.1) is 10.2 Å². The lowest BCUT2D eigenvalue weighted by Gasteiger charge is -2.28. The number of aromatic nitrogens is 3. The van der Waals surface area contributed by atoms with Crippen LogP contribution >= 0.6 is 11.8 Å². The maximum atomic E-state index is 5.71. The van der Waals surface area contributed by atoms with Gasteiger partial charge in [0.05, 0.1) is 19.3 Å².